The number of carbonyl (C=O) groups is 1. The number of nitrogens with zero attached hydrogens (tertiary/aromatic N) is 3. The van der Waals surface area contributed by atoms with Crippen molar-refractivity contribution in [3.63, 3.8) is 0 Å². The number of halogens is 2. The molecule has 2 heterocycles. The summed E-state index contributed by atoms with van der Waals surface area (Å²) < 4.78 is 1.94. The van der Waals surface area contributed by atoms with Crippen LogP contribution in [0.4, 0.5) is 0 Å². The number of hydrogen-bond acceptors (Lipinski definition) is 3. The summed E-state index contributed by atoms with van der Waals surface area (Å²) in [5, 5.41) is 3.42. The molecule has 0 aromatic carbocycles. The lowest BCUT2D eigenvalue weighted by molar-refractivity contribution is -0.121. The van der Waals surface area contributed by atoms with Gasteiger partial charge in [0.1, 0.15) is 11.3 Å². The van der Waals surface area contributed by atoms with Crippen molar-refractivity contribution in [1.82, 2.24) is 19.9 Å². The number of rotatable bonds is 6. The van der Waals surface area contributed by atoms with Gasteiger partial charge in [0.15, 0.2) is 5.65 Å². The summed E-state index contributed by atoms with van der Waals surface area (Å²) in [4.78, 5) is 20.6. The Morgan fingerprint density at radius 1 is 1.48 bits per heavy atom. The monoisotopic (exact) mass is 328 g/mol. The predicted octanol–water partition coefficient (Wildman–Crippen LogP) is 2.78. The molecule has 0 saturated carbocycles. The van der Waals surface area contributed by atoms with E-state index in [-0.39, 0.29) is 11.9 Å². The zero-order valence-corrected chi connectivity index (χ0v) is 13.6. The maximum absolute atomic E-state index is 11.8. The van der Waals surface area contributed by atoms with Crippen molar-refractivity contribution in [3.8, 4) is 0 Å². The van der Waals surface area contributed by atoms with E-state index in [2.05, 4.69) is 15.3 Å². The summed E-state index contributed by atoms with van der Waals surface area (Å²) in [6, 6.07) is 1.91. The topological polar surface area (TPSA) is 59.8 Å². The first-order chi connectivity index (χ1) is 10.0. The average molecular weight is 329 g/mol. The minimum atomic E-state index is 0.0117. The first-order valence-electron chi connectivity index (χ1n) is 6.87. The second-order valence-electron chi connectivity index (χ2n) is 5.09. The Balaban J connectivity index is 2.23. The molecule has 0 saturated heterocycles. The fourth-order valence-electron chi connectivity index (χ4n) is 2.15. The first kappa shape index (κ1) is 16.0. The molecule has 0 aliphatic carbocycles. The van der Waals surface area contributed by atoms with E-state index in [4.69, 9.17) is 23.2 Å². The molecule has 0 fully saturated rings. The molecular weight excluding hydrogens is 311 g/mol. The minimum Gasteiger partial charge on any atom is -0.354 e. The summed E-state index contributed by atoms with van der Waals surface area (Å²) in [6.07, 6.45) is 2.59. The third kappa shape index (κ3) is 4.08. The molecule has 0 atom stereocenters. The van der Waals surface area contributed by atoms with Crippen molar-refractivity contribution in [2.24, 2.45) is 0 Å². The number of carbonyl (C=O) groups excluding carboxylic acids is 1. The third-order valence-corrected chi connectivity index (χ3v) is 3.36. The zero-order valence-electron chi connectivity index (χ0n) is 12.1. The number of imidazole rings is 1. The summed E-state index contributed by atoms with van der Waals surface area (Å²) >= 11 is 11.8. The van der Waals surface area contributed by atoms with E-state index >= 15 is 0 Å². The number of nitrogens with one attached hydrogen (secondary N) is 1. The SMILES string of the molecule is CC(C)NC(=O)CCn1c(CCCl)nc2cc(Cl)cnc21. The van der Waals surface area contributed by atoms with Crippen LogP contribution >= 0.6 is 23.2 Å². The molecule has 2 rings (SSSR count). The number of amides is 1. The summed E-state index contributed by atoms with van der Waals surface area (Å²) in [6.45, 7) is 4.40. The van der Waals surface area contributed by atoms with Gasteiger partial charge in [-0.2, -0.15) is 0 Å². The van der Waals surface area contributed by atoms with Crippen molar-refractivity contribution < 1.29 is 4.79 Å². The van der Waals surface area contributed by atoms with Gasteiger partial charge in [0.25, 0.3) is 0 Å². The summed E-state index contributed by atoms with van der Waals surface area (Å²) in [5.41, 5.74) is 1.46. The minimum absolute atomic E-state index is 0.0117. The Kier molecular flexibility index (Phi) is 5.42. The molecule has 0 bridgehead atoms. The van der Waals surface area contributed by atoms with E-state index in [1.54, 1.807) is 12.3 Å². The van der Waals surface area contributed by atoms with Crippen LogP contribution in [0.1, 0.15) is 26.1 Å². The Morgan fingerprint density at radius 2 is 2.24 bits per heavy atom. The molecule has 1 amide bonds. The number of aromatic nitrogens is 3. The lowest BCUT2D eigenvalue weighted by Crippen LogP contribution is -2.30. The Hall–Kier alpha value is -1.33. The van der Waals surface area contributed by atoms with E-state index in [0.29, 0.717) is 30.3 Å². The second kappa shape index (κ2) is 7.09. The summed E-state index contributed by atoms with van der Waals surface area (Å²) in [7, 11) is 0. The van der Waals surface area contributed by atoms with Crippen LogP contribution in [-0.4, -0.2) is 32.4 Å². The molecule has 7 heteroatoms. The van der Waals surface area contributed by atoms with Gasteiger partial charge in [-0.15, -0.1) is 11.6 Å². The van der Waals surface area contributed by atoms with E-state index < -0.39 is 0 Å². The fourth-order valence-corrected chi connectivity index (χ4v) is 2.47. The van der Waals surface area contributed by atoms with E-state index in [9.17, 15) is 4.79 Å². The molecule has 0 radical (unpaired) electrons. The van der Waals surface area contributed by atoms with E-state index in [0.717, 1.165) is 17.0 Å². The van der Waals surface area contributed by atoms with Gasteiger partial charge in [0, 0.05) is 37.5 Å². The van der Waals surface area contributed by atoms with Gasteiger partial charge in [0.05, 0.1) is 5.02 Å². The van der Waals surface area contributed by atoms with Crippen molar-refractivity contribution in [2.45, 2.75) is 39.3 Å². The van der Waals surface area contributed by atoms with Crippen LogP contribution < -0.4 is 5.32 Å². The maximum atomic E-state index is 11.8. The third-order valence-electron chi connectivity index (χ3n) is 2.96. The molecule has 2 aromatic rings. The molecule has 114 valence electrons. The lowest BCUT2D eigenvalue weighted by atomic mass is 10.3. The molecule has 2 aromatic heterocycles. The molecule has 0 aliphatic rings. The van der Waals surface area contributed by atoms with Gasteiger partial charge in [0.2, 0.25) is 5.91 Å². The highest BCUT2D eigenvalue weighted by Crippen LogP contribution is 2.19. The van der Waals surface area contributed by atoms with Gasteiger partial charge in [-0.25, -0.2) is 9.97 Å². The standard InChI is InChI=1S/C14H18Cl2N4O/c1-9(2)18-13(21)4-6-20-12(3-5-15)19-11-7-10(16)8-17-14(11)20/h7-9H,3-6H2,1-2H3,(H,18,21). The summed E-state index contributed by atoms with van der Waals surface area (Å²) in [5.74, 6) is 1.31. The Bertz CT molecular complexity index is 639. The predicted molar refractivity (Wildman–Crippen MR) is 84.9 cm³/mol. The van der Waals surface area contributed by atoms with Crippen molar-refractivity contribution in [2.75, 3.05) is 5.88 Å². The molecule has 21 heavy (non-hydrogen) atoms. The highest BCUT2D eigenvalue weighted by atomic mass is 35.5. The molecule has 0 spiro atoms. The average Bonchev–Trinajstić information content (AvgIpc) is 2.72. The van der Waals surface area contributed by atoms with Crippen LogP contribution in [0.15, 0.2) is 12.3 Å². The number of pyridine rings is 1. The van der Waals surface area contributed by atoms with Crippen LogP contribution in [0.5, 0.6) is 0 Å². The smallest absolute Gasteiger partial charge is 0.221 e. The second-order valence-corrected chi connectivity index (χ2v) is 5.90. The number of aryl methyl sites for hydroxylation is 2. The van der Waals surface area contributed by atoms with Gasteiger partial charge < -0.3 is 9.88 Å². The van der Waals surface area contributed by atoms with Gasteiger partial charge in [-0.05, 0) is 19.9 Å². The van der Waals surface area contributed by atoms with Gasteiger partial charge in [-0.3, -0.25) is 4.79 Å². The van der Waals surface area contributed by atoms with Crippen LogP contribution in [0.2, 0.25) is 5.02 Å². The van der Waals surface area contributed by atoms with Gasteiger partial charge >= 0.3 is 0 Å². The molecule has 0 unspecified atom stereocenters. The maximum Gasteiger partial charge on any atom is 0.221 e. The Labute approximate surface area is 133 Å². The largest absolute Gasteiger partial charge is 0.354 e. The first-order valence-corrected chi connectivity index (χ1v) is 7.78. The van der Waals surface area contributed by atoms with Crippen LogP contribution in [0.3, 0.4) is 0 Å². The van der Waals surface area contributed by atoms with Crippen molar-refractivity contribution >= 4 is 40.3 Å². The van der Waals surface area contributed by atoms with Crippen LogP contribution in [-0.2, 0) is 17.8 Å². The molecular formula is C14H18Cl2N4O. The quantitative estimate of drug-likeness (QED) is 0.829. The normalized spacial score (nSPS) is 11.3. The highest BCUT2D eigenvalue weighted by molar-refractivity contribution is 6.31. The molecule has 1 N–H and O–H groups in total. The van der Waals surface area contributed by atoms with Crippen LogP contribution in [0.25, 0.3) is 11.2 Å². The van der Waals surface area contributed by atoms with Crippen molar-refractivity contribution in [1.29, 1.82) is 0 Å². The van der Waals surface area contributed by atoms with Crippen LogP contribution in [0, 0.1) is 0 Å². The molecule has 0 aliphatic heterocycles. The number of fused-ring (bicyclic) bond motifs is 1. The molecule has 5 nitrogen and oxygen atoms in total. The number of hydrogen-bond donors (Lipinski definition) is 1. The van der Waals surface area contributed by atoms with E-state index in [1.165, 1.54) is 0 Å². The number of alkyl halides is 1. The zero-order chi connectivity index (χ0) is 15.4. The van der Waals surface area contributed by atoms with E-state index in [1.807, 2.05) is 18.4 Å². The lowest BCUT2D eigenvalue weighted by Gasteiger charge is -2.10. The Morgan fingerprint density at radius 3 is 2.90 bits per heavy atom. The highest BCUT2D eigenvalue weighted by Gasteiger charge is 2.13. The van der Waals surface area contributed by atoms with Crippen molar-refractivity contribution in [3.05, 3.63) is 23.1 Å². The fraction of sp³-hybridized carbons (Fsp3) is 0.500. The van der Waals surface area contributed by atoms with Gasteiger partial charge in [-0.1, -0.05) is 11.6 Å².